The molecule has 1 unspecified atom stereocenters. The molecule has 120 valence electrons. The normalized spacial score (nSPS) is 58.4. The summed E-state index contributed by atoms with van der Waals surface area (Å²) in [5, 5.41) is 11.5. The summed E-state index contributed by atoms with van der Waals surface area (Å²) in [4.78, 5) is 0. The average Bonchev–Trinajstić information content (AvgIpc) is 3.18. The maximum absolute atomic E-state index is 11.5. The Hall–Kier alpha value is -0.160. The smallest absolute Gasteiger partial charge is 0.163 e. The predicted octanol–water partition coefficient (Wildman–Crippen LogP) is 2.48. The van der Waals surface area contributed by atoms with Gasteiger partial charge >= 0.3 is 0 Å². The van der Waals surface area contributed by atoms with Gasteiger partial charge in [0.15, 0.2) is 5.79 Å². The van der Waals surface area contributed by atoms with Gasteiger partial charge in [-0.05, 0) is 45.4 Å². The van der Waals surface area contributed by atoms with E-state index in [-0.39, 0.29) is 29.0 Å². The Morgan fingerprint density at radius 2 is 1.71 bits per heavy atom. The highest BCUT2D eigenvalue weighted by atomic mass is 16.7. The van der Waals surface area contributed by atoms with E-state index in [2.05, 4.69) is 13.8 Å². The van der Waals surface area contributed by atoms with Gasteiger partial charge in [0.2, 0.25) is 0 Å². The molecular weight excluding hydrogens is 268 g/mol. The van der Waals surface area contributed by atoms with Crippen molar-refractivity contribution in [2.45, 2.75) is 76.5 Å². The van der Waals surface area contributed by atoms with Crippen LogP contribution in [0.15, 0.2) is 0 Å². The van der Waals surface area contributed by atoms with E-state index in [0.29, 0.717) is 6.61 Å². The number of rotatable bonds is 0. The number of ether oxygens (including phenoxy) is 3. The molecule has 4 aliphatic rings. The van der Waals surface area contributed by atoms with Crippen LogP contribution in [0.4, 0.5) is 0 Å². The van der Waals surface area contributed by atoms with E-state index in [1.165, 1.54) is 0 Å². The molecule has 2 aliphatic heterocycles. The number of fused-ring (bicyclic) bond motifs is 3. The lowest BCUT2D eigenvalue weighted by Gasteiger charge is -2.62. The standard InChI is InChI=1S/C17H28O4/c1-11-16(10-20-16)7-5-12-15(4)9-19-14(2,3)21-13(15)6-8-17(11,12)18/h11-13,18H,5-10H2,1-4H3/t11-,12-,13-,15+,16?,17-/m1/s1. The Labute approximate surface area is 127 Å². The lowest BCUT2D eigenvalue weighted by molar-refractivity contribution is -0.353. The molecule has 2 saturated heterocycles. The van der Waals surface area contributed by atoms with Gasteiger partial charge in [0.05, 0.1) is 30.5 Å². The minimum atomic E-state index is -0.631. The van der Waals surface area contributed by atoms with Gasteiger partial charge < -0.3 is 19.3 Å². The van der Waals surface area contributed by atoms with Crippen molar-refractivity contribution in [2.24, 2.45) is 17.3 Å². The van der Waals surface area contributed by atoms with Crippen LogP contribution in [-0.2, 0) is 14.2 Å². The number of hydrogen-bond donors (Lipinski definition) is 1. The fourth-order valence-corrected chi connectivity index (χ4v) is 5.40. The van der Waals surface area contributed by atoms with E-state index in [9.17, 15) is 5.11 Å². The quantitative estimate of drug-likeness (QED) is 0.698. The van der Waals surface area contributed by atoms with Crippen LogP contribution in [0.1, 0.15) is 53.4 Å². The van der Waals surface area contributed by atoms with Gasteiger partial charge in [-0.15, -0.1) is 0 Å². The Morgan fingerprint density at radius 1 is 1.00 bits per heavy atom. The van der Waals surface area contributed by atoms with E-state index in [0.717, 1.165) is 32.3 Å². The molecule has 4 heteroatoms. The zero-order valence-electron chi connectivity index (χ0n) is 13.6. The van der Waals surface area contributed by atoms with Crippen molar-refractivity contribution < 1.29 is 19.3 Å². The first-order valence-corrected chi connectivity index (χ1v) is 8.40. The molecule has 4 rings (SSSR count). The zero-order chi connectivity index (χ0) is 15.1. The molecule has 0 radical (unpaired) electrons. The fourth-order valence-electron chi connectivity index (χ4n) is 5.40. The van der Waals surface area contributed by atoms with Crippen molar-refractivity contribution in [1.29, 1.82) is 0 Å². The second kappa shape index (κ2) is 4.02. The number of aliphatic hydroxyl groups is 1. The van der Waals surface area contributed by atoms with E-state index >= 15 is 0 Å². The van der Waals surface area contributed by atoms with Crippen LogP contribution >= 0.6 is 0 Å². The highest BCUT2D eigenvalue weighted by molar-refractivity contribution is 5.17. The molecule has 1 spiro atoms. The lowest BCUT2D eigenvalue weighted by atomic mass is 9.50. The van der Waals surface area contributed by atoms with E-state index in [1.807, 2.05) is 13.8 Å². The molecule has 2 aliphatic carbocycles. The third-order valence-corrected chi connectivity index (χ3v) is 7.01. The van der Waals surface area contributed by atoms with Crippen LogP contribution in [0.25, 0.3) is 0 Å². The van der Waals surface area contributed by atoms with Crippen molar-refractivity contribution in [1.82, 2.24) is 0 Å². The molecule has 1 N–H and O–H groups in total. The first-order chi connectivity index (χ1) is 9.72. The molecule has 0 aromatic heterocycles. The third kappa shape index (κ3) is 1.82. The summed E-state index contributed by atoms with van der Waals surface area (Å²) in [6, 6.07) is 0. The molecule has 4 fully saturated rings. The van der Waals surface area contributed by atoms with Gasteiger partial charge in [-0.3, -0.25) is 0 Å². The van der Waals surface area contributed by atoms with E-state index < -0.39 is 11.4 Å². The summed E-state index contributed by atoms with van der Waals surface area (Å²) in [5.41, 5.74) is -0.758. The maximum Gasteiger partial charge on any atom is 0.163 e. The first kappa shape index (κ1) is 14.4. The second-order valence-corrected chi connectivity index (χ2v) is 8.50. The summed E-state index contributed by atoms with van der Waals surface area (Å²) in [7, 11) is 0. The molecule has 6 atom stereocenters. The number of hydrogen-bond acceptors (Lipinski definition) is 4. The zero-order valence-corrected chi connectivity index (χ0v) is 13.6. The van der Waals surface area contributed by atoms with Crippen LogP contribution in [0, 0.1) is 17.3 Å². The summed E-state index contributed by atoms with van der Waals surface area (Å²) in [5.74, 6) is -0.0538. The summed E-state index contributed by atoms with van der Waals surface area (Å²) >= 11 is 0. The highest BCUT2D eigenvalue weighted by Gasteiger charge is 2.68. The van der Waals surface area contributed by atoms with Gasteiger partial charge in [0, 0.05) is 11.3 Å². The maximum atomic E-state index is 11.5. The SMILES string of the molecule is C[C@@H]1C2(CC[C@@H]3[C@]4(C)COC(C)(C)O[C@@H]4CC[C@@]13O)CO2. The molecule has 0 aromatic rings. The van der Waals surface area contributed by atoms with Crippen molar-refractivity contribution in [2.75, 3.05) is 13.2 Å². The predicted molar refractivity (Wildman–Crippen MR) is 77.8 cm³/mol. The highest BCUT2D eigenvalue weighted by Crippen LogP contribution is 2.62. The monoisotopic (exact) mass is 296 g/mol. The minimum absolute atomic E-state index is 0.0376. The molecule has 0 amide bonds. The van der Waals surface area contributed by atoms with E-state index in [1.54, 1.807) is 0 Å². The summed E-state index contributed by atoms with van der Waals surface area (Å²) in [6.07, 6.45) is 4.00. The average molecular weight is 296 g/mol. The molecule has 2 saturated carbocycles. The summed E-state index contributed by atoms with van der Waals surface area (Å²) in [6.45, 7) is 9.91. The summed E-state index contributed by atoms with van der Waals surface area (Å²) < 4.78 is 17.9. The first-order valence-electron chi connectivity index (χ1n) is 8.40. The molecule has 0 bridgehead atoms. The molecule has 21 heavy (non-hydrogen) atoms. The van der Waals surface area contributed by atoms with Crippen LogP contribution in [-0.4, -0.2) is 41.4 Å². The Kier molecular flexibility index (Phi) is 2.76. The van der Waals surface area contributed by atoms with Gasteiger partial charge in [0.1, 0.15) is 0 Å². The third-order valence-electron chi connectivity index (χ3n) is 7.01. The molecule has 2 heterocycles. The van der Waals surface area contributed by atoms with Crippen LogP contribution in [0.3, 0.4) is 0 Å². The van der Waals surface area contributed by atoms with Crippen LogP contribution < -0.4 is 0 Å². The van der Waals surface area contributed by atoms with Crippen molar-refractivity contribution >= 4 is 0 Å². The Bertz CT molecular complexity index is 458. The Balaban J connectivity index is 1.66. The molecule has 4 nitrogen and oxygen atoms in total. The van der Waals surface area contributed by atoms with Gasteiger partial charge in [-0.25, -0.2) is 0 Å². The Morgan fingerprint density at radius 3 is 2.38 bits per heavy atom. The minimum Gasteiger partial charge on any atom is -0.389 e. The van der Waals surface area contributed by atoms with Crippen molar-refractivity contribution in [3.8, 4) is 0 Å². The largest absolute Gasteiger partial charge is 0.389 e. The van der Waals surface area contributed by atoms with Crippen LogP contribution in [0.5, 0.6) is 0 Å². The lowest BCUT2D eigenvalue weighted by Crippen LogP contribution is -2.68. The van der Waals surface area contributed by atoms with Crippen molar-refractivity contribution in [3.63, 3.8) is 0 Å². The van der Waals surface area contributed by atoms with Crippen molar-refractivity contribution in [3.05, 3.63) is 0 Å². The van der Waals surface area contributed by atoms with Gasteiger partial charge in [-0.1, -0.05) is 13.8 Å². The fraction of sp³-hybridized carbons (Fsp3) is 1.00. The molecular formula is C17H28O4. The molecule has 0 aromatic carbocycles. The van der Waals surface area contributed by atoms with Gasteiger partial charge in [-0.2, -0.15) is 0 Å². The topological polar surface area (TPSA) is 51.2 Å². The second-order valence-electron chi connectivity index (χ2n) is 8.50. The van der Waals surface area contributed by atoms with E-state index in [4.69, 9.17) is 14.2 Å². The van der Waals surface area contributed by atoms with Gasteiger partial charge in [0.25, 0.3) is 0 Å². The number of epoxide rings is 1. The van der Waals surface area contributed by atoms with Crippen LogP contribution in [0.2, 0.25) is 0 Å².